The lowest BCUT2D eigenvalue weighted by molar-refractivity contribution is 0.220. The third kappa shape index (κ3) is 26.6. The van der Waals surface area contributed by atoms with E-state index in [0.717, 1.165) is 27.7 Å². The molecule has 592 valence electrons. The highest BCUT2D eigenvalue weighted by atomic mass is 127. The van der Waals surface area contributed by atoms with Crippen LogP contribution >= 0.6 is 67.8 Å². The van der Waals surface area contributed by atoms with Gasteiger partial charge in [-0.2, -0.15) is 8.42 Å². The van der Waals surface area contributed by atoms with E-state index in [4.69, 9.17) is 82.8 Å². The number of rotatable bonds is 28. The zero-order valence-electron chi connectivity index (χ0n) is 62.9. The van der Waals surface area contributed by atoms with Gasteiger partial charge in [0, 0.05) is 29.9 Å². The summed E-state index contributed by atoms with van der Waals surface area (Å²) in [5.41, 5.74) is 21.7. The van der Waals surface area contributed by atoms with Gasteiger partial charge >= 0.3 is 164 Å². The first-order chi connectivity index (χ1) is 46.2. The minimum absolute atomic E-state index is 0. The Kier molecular flexibility index (Phi) is 37.2. The predicted molar refractivity (Wildman–Crippen MR) is 478 cm³/mol. The number of halogens is 5. The fourth-order valence-corrected chi connectivity index (χ4v) is 114. The summed E-state index contributed by atoms with van der Waals surface area (Å²) in [7, 11) is -54.2. The van der Waals surface area contributed by atoms with Crippen molar-refractivity contribution in [1.82, 2.24) is 0 Å². The van der Waals surface area contributed by atoms with Crippen LogP contribution in [0.4, 0.5) is 7.77 Å². The van der Waals surface area contributed by atoms with Gasteiger partial charge in [-0.1, -0.05) is 151 Å². The van der Waals surface area contributed by atoms with Gasteiger partial charge in [0.25, 0.3) is 0 Å². The lowest BCUT2D eigenvalue weighted by atomic mass is 10.2. The van der Waals surface area contributed by atoms with E-state index in [2.05, 4.69) is 206 Å². The molecular weight excluding hydrogens is 2010 g/mol. The van der Waals surface area contributed by atoms with Crippen LogP contribution in [0.3, 0.4) is 0 Å². The molecule has 0 bridgehead atoms. The first kappa shape index (κ1) is 101. The molecule has 6 aliphatic heterocycles. The molecule has 47 heteroatoms. The Bertz CT molecular complexity index is 3130. The molecule has 0 aromatic heterocycles. The van der Waals surface area contributed by atoms with Gasteiger partial charge in [-0.15, -0.1) is 86.7 Å². The Morgan fingerprint density at radius 1 is 0.359 bits per heavy atom. The van der Waals surface area contributed by atoms with Crippen molar-refractivity contribution in [3.8, 4) is 0 Å². The van der Waals surface area contributed by atoms with Crippen molar-refractivity contribution in [3.63, 3.8) is 0 Å². The molecule has 6 rings (SSSR count). The normalized spacial score (nSPS) is 44.1. The molecule has 0 amide bonds. The summed E-state index contributed by atoms with van der Waals surface area (Å²) in [6, 6.07) is 0.839. The molecule has 18 unspecified atom stereocenters. The van der Waals surface area contributed by atoms with Crippen LogP contribution in [0.1, 0.15) is 33.6 Å². The lowest BCUT2D eigenvalue weighted by Gasteiger charge is -2.53. The second kappa shape index (κ2) is 37.8. The van der Waals surface area contributed by atoms with Crippen LogP contribution in [-0.2, 0) is 95.8 Å². The fraction of sp³-hybridized carbons (Fsp3) is 0.571. The van der Waals surface area contributed by atoms with Crippen molar-refractivity contribution in [1.29, 1.82) is 0 Å². The highest BCUT2D eigenvalue weighted by Gasteiger charge is 2.67. The third-order valence-corrected chi connectivity index (χ3v) is 105. The molecular formula is C56H116F2I3O22S2Si18-. The molecule has 6 heterocycles. The number of hydrogen-bond acceptors (Lipinski definition) is 22. The van der Waals surface area contributed by atoms with Crippen LogP contribution in [0.2, 0.25) is 146 Å². The van der Waals surface area contributed by atoms with Gasteiger partial charge in [0.05, 0.1) is 0 Å². The molecule has 103 heavy (non-hydrogen) atoms. The fourth-order valence-electron chi connectivity index (χ4n) is 12.8. The van der Waals surface area contributed by atoms with Crippen molar-refractivity contribution >= 4 is 244 Å². The maximum Gasteiger partial charge on any atom is 0.343 e. The Balaban J connectivity index is 0.000000509. The minimum atomic E-state index is -5.09. The van der Waals surface area contributed by atoms with Crippen LogP contribution in [0.15, 0.2) is 147 Å². The lowest BCUT2D eigenvalue weighted by Crippen LogP contribution is -2.72. The van der Waals surface area contributed by atoms with Gasteiger partial charge in [-0.05, 0) is 149 Å². The first-order valence-electron chi connectivity index (χ1n) is 32.9. The highest BCUT2D eigenvalue weighted by molar-refractivity contribution is 14.1. The minimum Gasteiger partial charge on any atom is -0.746 e. The van der Waals surface area contributed by atoms with Crippen molar-refractivity contribution in [3.05, 3.63) is 147 Å². The van der Waals surface area contributed by atoms with Crippen LogP contribution in [0, 0.1) is 0 Å². The van der Waals surface area contributed by atoms with E-state index in [0.29, 0.717) is 4.43 Å². The molecule has 0 spiro atoms. The summed E-state index contributed by atoms with van der Waals surface area (Å²) in [4.78, 5) is -1.52. The third-order valence-electron chi connectivity index (χ3n) is 18.5. The van der Waals surface area contributed by atoms with E-state index in [9.17, 15) is 12.3 Å². The first-order valence-corrected chi connectivity index (χ1v) is 83.1. The van der Waals surface area contributed by atoms with E-state index < -0.39 is 186 Å². The number of alkyl halides is 3. The van der Waals surface area contributed by atoms with Crippen LogP contribution < -0.4 is 0 Å². The summed E-state index contributed by atoms with van der Waals surface area (Å²) >= 11 is 3.70. The van der Waals surface area contributed by atoms with Crippen LogP contribution in [-0.4, -0.2) is 189 Å². The molecule has 0 N–H and O–H groups in total. The van der Waals surface area contributed by atoms with Gasteiger partial charge in [-0.25, -0.2) is 4.21 Å². The molecule has 0 aromatic rings. The van der Waals surface area contributed by atoms with Crippen LogP contribution in [0.5, 0.6) is 0 Å². The summed E-state index contributed by atoms with van der Waals surface area (Å²) in [6.07, 6.45) is 1.71. The van der Waals surface area contributed by atoms with Gasteiger partial charge < -0.3 is 78.6 Å². The molecule has 0 aliphatic carbocycles. The Morgan fingerprint density at radius 3 is 0.748 bits per heavy atom. The maximum absolute atomic E-state index is 15.1. The standard InChI is InChI=1S/C19H39IO6Si6.C18H36FIO8SSi6.C18H37IO6Si6.CH4.FHO2S/c1-12-27(6)21-28(7,13-2)24-31(10,23-27)18(5)16-19(17-20)32(11)25-29(8,14-3)22-30(9,15-4)26-32;1-11-30(5)23-31(6,12-2)26-34(9,25-30)17(16-20)15-18(29(19,21)22)35(10)27-32(7,13-3)24-33(8,14-4)28-35;1-11-26(5)20-27(6,12-2)23-30(9,22-26)16-15-18(17-19)31(10)24-28(7,13-3)21-29(8,14-4)25-31;;1-4(2)3/h12-15,18-19H,1-4,16-17H2,5-11H3;11-14,17-18H,1-4,15-16H2,5-10H3;11-14,18H,1-4,15-17H2,5-10H3;1H4;(H,2,3)/p-1. The van der Waals surface area contributed by atoms with Gasteiger partial charge in [0.15, 0.2) is 0 Å². The molecule has 22 nitrogen and oxygen atoms in total. The van der Waals surface area contributed by atoms with Gasteiger partial charge in [-0.3, -0.25) is 0 Å². The Labute approximate surface area is 680 Å². The highest BCUT2D eigenvalue weighted by Crippen LogP contribution is 2.50. The topological polar surface area (TPSA) is 240 Å². The van der Waals surface area contributed by atoms with Crippen molar-refractivity contribution in [2.45, 2.75) is 185 Å². The smallest absolute Gasteiger partial charge is 0.343 e. The van der Waals surface area contributed by atoms with Crippen molar-refractivity contribution in [2.24, 2.45) is 0 Å². The molecule has 0 saturated carbocycles. The Morgan fingerprint density at radius 2 is 0.544 bits per heavy atom. The largest absolute Gasteiger partial charge is 0.746 e. The zero-order chi connectivity index (χ0) is 79.1. The zero-order valence-corrected chi connectivity index (χ0v) is 89.0. The summed E-state index contributed by atoms with van der Waals surface area (Å²) in [5, 5.41) is 0. The van der Waals surface area contributed by atoms with E-state index in [1.807, 2.05) is 91.4 Å². The van der Waals surface area contributed by atoms with Crippen LogP contribution in [0.25, 0.3) is 0 Å². The van der Waals surface area contributed by atoms with Crippen molar-refractivity contribution < 1.29 is 99.0 Å². The van der Waals surface area contributed by atoms with Gasteiger partial charge in [0.2, 0.25) is 0 Å². The second-order valence-corrected chi connectivity index (χ2v) is 94.3. The Hall–Kier alpha value is 2.17. The maximum atomic E-state index is 15.1. The second-order valence-electron chi connectivity index (χ2n) is 28.3. The monoisotopic (exact) mass is 2130 g/mol. The molecule has 18 atom stereocenters. The molecule has 0 radical (unpaired) electrons. The van der Waals surface area contributed by atoms with E-state index in [1.54, 1.807) is 42.4 Å². The average molecular weight is 2130 g/mol. The SMILES string of the molecule is C.C=C[Si]1(C)O[Si](C)(C=C)O[Si](C)(C(C)CC(CI)[Si]2(C)O[Si](C)(C=C)O[Si](C)(C=C)O2)O1.C=C[Si]1(C)O[Si](C)(C=C)O[Si](C)(C(CI)CC([Si]2(C)O[Si](C)(C=C)O[Si](C)(C=C)O2)S(=O)(=O)F)O1.C=C[Si]1(C)O[Si](C)(C=C)O[Si](C)(CCC(CI)[Si]2(C)O[Si](C)(C=C)O[Si](C)(C=C)O2)O1.O=S([O-])F. The quantitative estimate of drug-likeness (QED) is 0.0232. The summed E-state index contributed by atoms with van der Waals surface area (Å²) < 4.78 is 186. The molecule has 6 aliphatic rings. The van der Waals surface area contributed by atoms with E-state index >= 15 is 3.89 Å². The average Bonchev–Trinajstić information content (AvgIpc) is 0.783. The van der Waals surface area contributed by atoms with Gasteiger partial charge in [0.1, 0.15) is 16.3 Å². The molecule has 6 fully saturated rings. The summed E-state index contributed by atoms with van der Waals surface area (Å²) in [6.45, 7) is 85.4. The number of hydrogen-bond donors (Lipinski definition) is 0. The molecule has 6 saturated heterocycles. The molecule has 0 aromatic carbocycles. The van der Waals surface area contributed by atoms with E-state index in [-0.39, 0.29) is 30.5 Å². The predicted octanol–water partition coefficient (Wildman–Crippen LogP) is 16.9. The van der Waals surface area contributed by atoms with Crippen molar-refractivity contribution in [2.75, 3.05) is 13.3 Å². The summed E-state index contributed by atoms with van der Waals surface area (Å²) in [5.74, 6) is 0. The van der Waals surface area contributed by atoms with E-state index in [1.165, 1.54) is 0 Å².